The van der Waals surface area contributed by atoms with E-state index in [9.17, 15) is 4.79 Å². The van der Waals surface area contributed by atoms with Gasteiger partial charge in [0, 0.05) is 47.3 Å². The molecule has 0 saturated carbocycles. The average Bonchev–Trinajstić information content (AvgIpc) is 3.46. The number of carbonyl (C=O) groups is 1. The van der Waals surface area contributed by atoms with Crippen LogP contribution in [0.15, 0.2) is 91.1 Å². The van der Waals surface area contributed by atoms with Gasteiger partial charge in [-0.05, 0) is 98.4 Å². The molecule has 3 heterocycles. The molecule has 2 aromatic heterocycles. The molecule has 0 aliphatic carbocycles. The van der Waals surface area contributed by atoms with E-state index in [1.165, 1.54) is 16.7 Å². The summed E-state index contributed by atoms with van der Waals surface area (Å²) in [4.78, 5) is 20.1. The van der Waals surface area contributed by atoms with Gasteiger partial charge in [-0.3, -0.25) is 9.78 Å². The van der Waals surface area contributed by atoms with E-state index < -0.39 is 0 Å². The van der Waals surface area contributed by atoms with E-state index in [4.69, 9.17) is 17.2 Å². The summed E-state index contributed by atoms with van der Waals surface area (Å²) in [6, 6.07) is 28.6. The van der Waals surface area contributed by atoms with Gasteiger partial charge in [-0.2, -0.15) is 0 Å². The second-order valence-corrected chi connectivity index (χ2v) is 11.5. The molecule has 1 amide bonds. The number of nitrogens with one attached hydrogen (secondary N) is 2. The minimum absolute atomic E-state index is 0.0464. The molecule has 7 heteroatoms. The second-order valence-electron chi connectivity index (χ2n) is 11.2. The van der Waals surface area contributed by atoms with Gasteiger partial charge in [0.2, 0.25) is 5.91 Å². The molecule has 1 saturated heterocycles. The number of thiocarbonyl (C=S) groups is 1. The van der Waals surface area contributed by atoms with Crippen molar-refractivity contribution in [2.24, 2.45) is 0 Å². The summed E-state index contributed by atoms with van der Waals surface area (Å²) in [6.45, 7) is 9.05. The molecule has 3 aromatic carbocycles. The number of carbonyl (C=O) groups excluding carboxylic acids is 1. The number of hydrogen-bond donors (Lipinski definition) is 2. The lowest BCUT2D eigenvalue weighted by Crippen LogP contribution is -2.33. The van der Waals surface area contributed by atoms with Crippen LogP contribution >= 0.6 is 12.2 Å². The van der Waals surface area contributed by atoms with Crippen LogP contribution in [0.5, 0.6) is 0 Å². The largest absolute Gasteiger partial charge is 0.352 e. The highest BCUT2D eigenvalue weighted by Crippen LogP contribution is 2.41. The fraction of sp³-hybridized carbons (Fsp3) is 0.229. The van der Waals surface area contributed by atoms with Gasteiger partial charge in [0.05, 0.1) is 17.8 Å². The van der Waals surface area contributed by atoms with Gasteiger partial charge in [-0.25, -0.2) is 0 Å². The lowest BCUT2D eigenvalue weighted by molar-refractivity contribution is -0.116. The van der Waals surface area contributed by atoms with Crippen molar-refractivity contribution in [1.29, 1.82) is 0 Å². The molecule has 2 N–H and O–H groups in total. The van der Waals surface area contributed by atoms with Crippen LogP contribution < -0.4 is 10.6 Å². The topological polar surface area (TPSA) is 62.2 Å². The van der Waals surface area contributed by atoms with Gasteiger partial charge >= 0.3 is 0 Å². The fourth-order valence-corrected chi connectivity index (χ4v) is 6.65. The highest BCUT2D eigenvalue weighted by molar-refractivity contribution is 7.80. The van der Waals surface area contributed by atoms with Crippen LogP contribution in [-0.4, -0.2) is 32.0 Å². The number of nitrogens with zero attached hydrogens (tertiary/aromatic N) is 3. The first-order chi connectivity index (χ1) is 20.3. The molecule has 6 nitrogen and oxygen atoms in total. The SMILES string of the molecule is Cc1cc(C)cc(-n2c(C)cc([C@@H]3[C@@H](c4ccccn4)NC(=S)N3CCC(=O)Nc3cccc4ccccc34)c2C)c1. The normalized spacial score (nSPS) is 16.6. The van der Waals surface area contributed by atoms with Crippen LogP contribution in [0.1, 0.15) is 52.3 Å². The Morgan fingerprint density at radius 1 is 0.929 bits per heavy atom. The van der Waals surface area contributed by atoms with E-state index >= 15 is 0 Å². The van der Waals surface area contributed by atoms with Crippen LogP contribution in [-0.2, 0) is 4.79 Å². The number of hydrogen-bond acceptors (Lipinski definition) is 3. The van der Waals surface area contributed by atoms with Crippen molar-refractivity contribution in [3.05, 3.63) is 125 Å². The molecule has 0 unspecified atom stereocenters. The molecule has 0 spiro atoms. The predicted octanol–water partition coefficient (Wildman–Crippen LogP) is 7.26. The Morgan fingerprint density at radius 3 is 2.43 bits per heavy atom. The van der Waals surface area contributed by atoms with Gasteiger partial charge in [0.1, 0.15) is 0 Å². The molecule has 2 atom stereocenters. The summed E-state index contributed by atoms with van der Waals surface area (Å²) < 4.78 is 2.32. The zero-order valence-electron chi connectivity index (χ0n) is 24.4. The first-order valence-electron chi connectivity index (χ1n) is 14.3. The highest BCUT2D eigenvalue weighted by Gasteiger charge is 2.41. The Morgan fingerprint density at radius 2 is 1.67 bits per heavy atom. The summed E-state index contributed by atoms with van der Waals surface area (Å²) in [5.41, 5.74) is 8.82. The van der Waals surface area contributed by atoms with E-state index in [0.717, 1.165) is 39.2 Å². The van der Waals surface area contributed by atoms with Crippen molar-refractivity contribution in [1.82, 2.24) is 19.8 Å². The van der Waals surface area contributed by atoms with Gasteiger partial charge < -0.3 is 20.1 Å². The molecular weight excluding hydrogens is 538 g/mol. The van der Waals surface area contributed by atoms with Gasteiger partial charge in [-0.15, -0.1) is 0 Å². The molecular formula is C35H35N5OS. The zero-order valence-corrected chi connectivity index (χ0v) is 25.2. The third-order valence-electron chi connectivity index (χ3n) is 8.09. The Hall–Kier alpha value is -4.49. The summed E-state index contributed by atoms with van der Waals surface area (Å²) in [6.07, 6.45) is 2.11. The Kier molecular flexibility index (Phi) is 7.52. The van der Waals surface area contributed by atoms with Crippen molar-refractivity contribution in [2.45, 2.75) is 46.2 Å². The number of rotatable bonds is 7. The number of benzene rings is 3. The van der Waals surface area contributed by atoms with Crippen molar-refractivity contribution < 1.29 is 4.79 Å². The third kappa shape index (κ3) is 5.28. The van der Waals surface area contributed by atoms with Crippen LogP contribution in [0, 0.1) is 27.7 Å². The summed E-state index contributed by atoms with van der Waals surface area (Å²) in [7, 11) is 0. The molecule has 6 rings (SSSR count). The molecule has 212 valence electrons. The molecule has 42 heavy (non-hydrogen) atoms. The quantitative estimate of drug-likeness (QED) is 0.201. The summed E-state index contributed by atoms with van der Waals surface area (Å²) >= 11 is 5.90. The third-order valence-corrected chi connectivity index (χ3v) is 8.45. The maximum Gasteiger partial charge on any atom is 0.226 e. The van der Waals surface area contributed by atoms with Crippen molar-refractivity contribution in [3.63, 3.8) is 0 Å². The molecule has 1 aliphatic heterocycles. The number of fused-ring (bicyclic) bond motifs is 1. The number of pyridine rings is 1. The molecule has 1 aliphatic rings. The average molecular weight is 574 g/mol. The second kappa shape index (κ2) is 11.4. The molecule has 5 aromatic rings. The van der Waals surface area contributed by atoms with Crippen LogP contribution in [0.25, 0.3) is 16.5 Å². The highest BCUT2D eigenvalue weighted by atomic mass is 32.1. The number of aromatic nitrogens is 2. The smallest absolute Gasteiger partial charge is 0.226 e. The molecule has 0 bridgehead atoms. The Balaban J connectivity index is 1.32. The molecule has 1 fully saturated rings. The van der Waals surface area contributed by atoms with Crippen LogP contribution in [0.3, 0.4) is 0 Å². The van der Waals surface area contributed by atoms with E-state index in [1.54, 1.807) is 0 Å². The predicted molar refractivity (Wildman–Crippen MR) is 174 cm³/mol. The van der Waals surface area contributed by atoms with Gasteiger partial charge in [-0.1, -0.05) is 48.5 Å². The minimum Gasteiger partial charge on any atom is -0.352 e. The zero-order chi connectivity index (χ0) is 29.4. The maximum absolute atomic E-state index is 13.3. The van der Waals surface area contributed by atoms with Gasteiger partial charge in [0.15, 0.2) is 5.11 Å². The van der Waals surface area contributed by atoms with Crippen molar-refractivity contribution in [2.75, 3.05) is 11.9 Å². The standard InChI is InChI=1S/C35H35N5OS/c1-22-18-23(2)20-27(19-22)40-24(3)21-29(25(40)4)34-33(31-13-7-8-16-36-31)38-35(42)39(34)17-15-32(41)37-30-14-9-11-26-10-5-6-12-28(26)30/h5-14,16,18-21,33-34H,15,17H2,1-4H3,(H,37,41)(H,38,42)/t33-,34-/m1/s1. The molecule has 0 radical (unpaired) electrons. The monoisotopic (exact) mass is 573 g/mol. The van der Waals surface area contributed by atoms with E-state index in [-0.39, 0.29) is 18.0 Å². The summed E-state index contributed by atoms with van der Waals surface area (Å²) in [5.74, 6) is -0.0464. The van der Waals surface area contributed by atoms with Crippen LogP contribution in [0.4, 0.5) is 5.69 Å². The summed E-state index contributed by atoms with van der Waals surface area (Å²) in [5, 5.41) is 9.42. The van der Waals surface area contributed by atoms with Gasteiger partial charge in [0.25, 0.3) is 0 Å². The Bertz CT molecular complexity index is 1770. The van der Waals surface area contributed by atoms with E-state index in [2.05, 4.69) is 84.2 Å². The number of anilines is 1. The first kappa shape index (κ1) is 27.7. The first-order valence-corrected chi connectivity index (χ1v) is 14.7. The van der Waals surface area contributed by atoms with Crippen molar-refractivity contribution in [3.8, 4) is 5.69 Å². The maximum atomic E-state index is 13.3. The number of aryl methyl sites for hydroxylation is 3. The fourth-order valence-electron chi connectivity index (χ4n) is 6.32. The van der Waals surface area contributed by atoms with E-state index in [1.807, 2.05) is 54.7 Å². The minimum atomic E-state index is -0.145. The van der Waals surface area contributed by atoms with E-state index in [0.29, 0.717) is 18.1 Å². The van der Waals surface area contributed by atoms with Crippen LogP contribution in [0.2, 0.25) is 0 Å². The van der Waals surface area contributed by atoms with Crippen molar-refractivity contribution >= 4 is 39.7 Å². The Labute approximate surface area is 252 Å². The lowest BCUT2D eigenvalue weighted by Gasteiger charge is -2.28. The number of amides is 1. The lowest BCUT2D eigenvalue weighted by atomic mass is 9.96.